The fourth-order valence-corrected chi connectivity index (χ4v) is 7.04. The van der Waals surface area contributed by atoms with Crippen LogP contribution in [0.3, 0.4) is 0 Å². The summed E-state index contributed by atoms with van der Waals surface area (Å²) < 4.78 is 6.13. The largest absolute Gasteiger partial charge is 0.497 e. The molecule has 2 atom stereocenters. The van der Waals surface area contributed by atoms with Crippen LogP contribution < -0.4 is 20.7 Å². The van der Waals surface area contributed by atoms with Crippen LogP contribution in [0.2, 0.25) is 0 Å². The van der Waals surface area contributed by atoms with E-state index < -0.39 is 18.2 Å². The molecule has 248 valence electrons. The molecule has 4 amide bonds. The fourth-order valence-electron chi connectivity index (χ4n) is 6.26. The van der Waals surface area contributed by atoms with E-state index >= 15 is 0 Å². The van der Waals surface area contributed by atoms with Crippen LogP contribution in [0.4, 0.5) is 15.6 Å². The quantitative estimate of drug-likeness (QED) is 0.243. The number of amides is 4. The van der Waals surface area contributed by atoms with Crippen LogP contribution in [0.15, 0.2) is 66.7 Å². The second-order valence-electron chi connectivity index (χ2n) is 11.9. The molecule has 0 radical (unpaired) electrons. The summed E-state index contributed by atoms with van der Waals surface area (Å²) in [6, 6.07) is 21.6. The summed E-state index contributed by atoms with van der Waals surface area (Å²) in [5, 5.41) is 15.9. The second-order valence-corrected chi connectivity index (χ2v) is 13.0. The number of nitriles is 1. The van der Waals surface area contributed by atoms with Gasteiger partial charge in [0.05, 0.1) is 36.5 Å². The van der Waals surface area contributed by atoms with Crippen LogP contribution in [0.5, 0.6) is 5.75 Å². The third-order valence-corrected chi connectivity index (χ3v) is 9.55. The monoisotopic (exact) mass is 667 g/mol. The Morgan fingerprint density at radius 3 is 2.52 bits per heavy atom. The Kier molecular flexibility index (Phi) is 9.33. The fraction of sp³-hybridized carbons (Fsp3) is 0.324. The standard InChI is InChI=1S/C34H37N9O4S/c1-39(2)25-11-7-22(8-12-25)17-27-32(45)40(19-24-5-4-6-28-31(24)38-33(36)48-28)20-29-42(21-30(44)43(27)29)41(16-15-35)34(46)37-18-23-9-13-26(47-3)14-10-23/h4-14,27,29H,16-21H2,1-3H3,(H2,36,38)(H,37,46)/t27-,29+/m0/s1. The molecule has 0 bridgehead atoms. The number of anilines is 2. The average molecular weight is 668 g/mol. The number of fused-ring (bicyclic) bond motifs is 2. The lowest BCUT2D eigenvalue weighted by atomic mass is 9.99. The highest BCUT2D eigenvalue weighted by molar-refractivity contribution is 7.22. The van der Waals surface area contributed by atoms with Crippen molar-refractivity contribution in [2.45, 2.75) is 31.7 Å². The Labute approximate surface area is 282 Å². The van der Waals surface area contributed by atoms with Crippen molar-refractivity contribution in [2.24, 2.45) is 0 Å². The number of hydrogen-bond acceptors (Lipinski definition) is 10. The highest BCUT2D eigenvalue weighted by Gasteiger charge is 2.52. The Morgan fingerprint density at radius 1 is 1.10 bits per heavy atom. The molecule has 2 aliphatic heterocycles. The molecule has 3 N–H and O–H groups in total. The number of hydrogen-bond donors (Lipinski definition) is 2. The van der Waals surface area contributed by atoms with Crippen LogP contribution in [-0.2, 0) is 29.1 Å². The molecule has 4 aromatic rings. The van der Waals surface area contributed by atoms with Gasteiger partial charge in [0.2, 0.25) is 11.8 Å². The van der Waals surface area contributed by atoms with Crippen LogP contribution in [0.1, 0.15) is 16.7 Å². The molecule has 0 spiro atoms. The average Bonchev–Trinajstić information content (AvgIpc) is 3.63. The lowest BCUT2D eigenvalue weighted by molar-refractivity contribution is -0.157. The molecule has 14 heteroatoms. The van der Waals surface area contributed by atoms with Gasteiger partial charge in [0.1, 0.15) is 24.5 Å². The maximum Gasteiger partial charge on any atom is 0.333 e. The number of piperazine rings is 1. The predicted octanol–water partition coefficient (Wildman–Crippen LogP) is 3.03. The number of nitrogen functional groups attached to an aromatic ring is 1. The number of aromatic nitrogens is 1. The van der Waals surface area contributed by atoms with E-state index in [0.717, 1.165) is 32.6 Å². The topological polar surface area (TPSA) is 151 Å². The van der Waals surface area contributed by atoms with E-state index in [4.69, 9.17) is 10.5 Å². The maximum absolute atomic E-state index is 14.3. The summed E-state index contributed by atoms with van der Waals surface area (Å²) in [6.07, 6.45) is -0.393. The first-order chi connectivity index (χ1) is 23.2. The minimum Gasteiger partial charge on any atom is -0.497 e. The first-order valence-electron chi connectivity index (χ1n) is 15.5. The van der Waals surface area contributed by atoms with E-state index in [1.54, 1.807) is 34.1 Å². The number of benzene rings is 3. The third-order valence-electron chi connectivity index (χ3n) is 8.70. The van der Waals surface area contributed by atoms with Gasteiger partial charge in [-0.2, -0.15) is 10.3 Å². The molecule has 1 aromatic heterocycles. The van der Waals surface area contributed by atoms with Gasteiger partial charge >= 0.3 is 6.03 Å². The zero-order valence-electron chi connectivity index (χ0n) is 27.0. The van der Waals surface area contributed by atoms with Gasteiger partial charge in [0.25, 0.3) is 0 Å². The van der Waals surface area contributed by atoms with Crippen LogP contribution >= 0.6 is 11.3 Å². The van der Waals surface area contributed by atoms with Crippen molar-refractivity contribution in [3.63, 3.8) is 0 Å². The number of thiazole rings is 1. The molecular weight excluding hydrogens is 631 g/mol. The highest BCUT2D eigenvalue weighted by atomic mass is 32.1. The number of nitrogens with one attached hydrogen (secondary N) is 1. The number of nitrogens with zero attached hydrogens (tertiary/aromatic N) is 7. The van der Waals surface area contributed by atoms with Crippen molar-refractivity contribution in [3.8, 4) is 11.8 Å². The Morgan fingerprint density at radius 2 is 1.83 bits per heavy atom. The number of methoxy groups -OCH3 is 1. The molecule has 0 saturated carbocycles. The number of carbonyl (C=O) groups excluding carboxylic acids is 3. The summed E-state index contributed by atoms with van der Waals surface area (Å²) >= 11 is 1.38. The second kappa shape index (κ2) is 13.8. The highest BCUT2D eigenvalue weighted by Crippen LogP contribution is 2.32. The van der Waals surface area contributed by atoms with E-state index in [9.17, 15) is 19.6 Å². The van der Waals surface area contributed by atoms with Crippen molar-refractivity contribution in [1.29, 1.82) is 5.26 Å². The van der Waals surface area contributed by atoms with Gasteiger partial charge in [0.15, 0.2) is 5.13 Å². The number of ether oxygens (including phenoxy) is 1. The SMILES string of the molecule is COc1ccc(CNC(=O)N(CC#N)N2CC(=O)N3[C@@H](Cc4ccc(N(C)C)cc4)C(=O)N(Cc4cccc5sc(N)nc45)C[C@@H]32)cc1. The molecule has 0 aliphatic carbocycles. The molecule has 6 rings (SSSR count). The minimum absolute atomic E-state index is 0.129. The van der Waals surface area contributed by atoms with Crippen LogP contribution in [-0.4, -0.2) is 95.7 Å². The van der Waals surface area contributed by atoms with E-state index in [-0.39, 0.29) is 51.0 Å². The lowest BCUT2D eigenvalue weighted by Crippen LogP contribution is -2.66. The number of para-hydroxylation sites is 1. The van der Waals surface area contributed by atoms with E-state index in [1.165, 1.54) is 16.3 Å². The zero-order valence-corrected chi connectivity index (χ0v) is 27.8. The summed E-state index contributed by atoms with van der Waals surface area (Å²) in [6.45, 7) is 0.137. The predicted molar refractivity (Wildman–Crippen MR) is 183 cm³/mol. The zero-order chi connectivity index (χ0) is 33.9. The molecular formula is C34H37N9O4S. The van der Waals surface area contributed by atoms with Gasteiger partial charge in [0, 0.05) is 39.3 Å². The minimum atomic E-state index is -0.822. The van der Waals surface area contributed by atoms with Crippen molar-refractivity contribution < 1.29 is 19.1 Å². The number of urea groups is 1. The van der Waals surface area contributed by atoms with Crippen LogP contribution in [0, 0.1) is 11.3 Å². The number of rotatable bonds is 10. The van der Waals surface area contributed by atoms with Gasteiger partial charge in [-0.1, -0.05) is 47.7 Å². The molecule has 2 aliphatic rings. The number of carbonyl (C=O) groups is 3. The van der Waals surface area contributed by atoms with Gasteiger partial charge < -0.3 is 30.5 Å². The molecule has 3 aromatic carbocycles. The van der Waals surface area contributed by atoms with Crippen molar-refractivity contribution >= 4 is 50.2 Å². The Bertz CT molecular complexity index is 1860. The number of nitrogens with two attached hydrogens (primary N) is 1. The first-order valence-corrected chi connectivity index (χ1v) is 16.3. The summed E-state index contributed by atoms with van der Waals surface area (Å²) in [7, 11) is 5.49. The van der Waals surface area contributed by atoms with E-state index in [2.05, 4.69) is 16.4 Å². The van der Waals surface area contributed by atoms with E-state index in [0.29, 0.717) is 10.9 Å². The third kappa shape index (κ3) is 6.55. The molecule has 13 nitrogen and oxygen atoms in total. The van der Waals surface area contributed by atoms with Gasteiger partial charge in [-0.3, -0.25) is 9.59 Å². The Hall–Kier alpha value is -5.39. The molecule has 0 unspecified atom stereocenters. The molecule has 48 heavy (non-hydrogen) atoms. The van der Waals surface area contributed by atoms with Gasteiger partial charge in [-0.15, -0.1) is 0 Å². The lowest BCUT2D eigenvalue weighted by Gasteiger charge is -2.46. The van der Waals surface area contributed by atoms with Crippen molar-refractivity contribution in [1.82, 2.24) is 30.1 Å². The summed E-state index contributed by atoms with van der Waals surface area (Å²) in [5.41, 5.74) is 10.3. The number of hydrazine groups is 1. The van der Waals surface area contributed by atoms with E-state index in [1.807, 2.05) is 73.6 Å². The molecule has 3 heterocycles. The van der Waals surface area contributed by atoms with Gasteiger partial charge in [-0.25, -0.2) is 14.8 Å². The molecule has 2 fully saturated rings. The maximum atomic E-state index is 14.3. The Balaban J connectivity index is 1.30. The van der Waals surface area contributed by atoms with Crippen LogP contribution in [0.25, 0.3) is 10.2 Å². The molecule has 2 saturated heterocycles. The smallest absolute Gasteiger partial charge is 0.333 e. The normalized spacial score (nSPS) is 17.7. The van der Waals surface area contributed by atoms with Crippen molar-refractivity contribution in [2.75, 3.05) is 51.5 Å². The summed E-state index contributed by atoms with van der Waals surface area (Å²) in [4.78, 5) is 51.5. The van der Waals surface area contributed by atoms with Crippen molar-refractivity contribution in [3.05, 3.63) is 83.4 Å². The summed E-state index contributed by atoms with van der Waals surface area (Å²) in [5.74, 6) is 0.207. The van der Waals surface area contributed by atoms with Gasteiger partial charge in [-0.05, 0) is 47.0 Å². The first kappa shape index (κ1) is 32.5.